The van der Waals surface area contributed by atoms with E-state index < -0.39 is 15.8 Å². The van der Waals surface area contributed by atoms with Crippen LogP contribution in [-0.2, 0) is 21.2 Å². The van der Waals surface area contributed by atoms with Gasteiger partial charge in [-0.05, 0) is 18.2 Å². The first-order valence-corrected chi connectivity index (χ1v) is 12.3. The first kappa shape index (κ1) is 21.9. The Hall–Kier alpha value is -2.33. The molecule has 1 aromatic heterocycles. The van der Waals surface area contributed by atoms with Gasteiger partial charge in [-0.25, -0.2) is 17.8 Å². The van der Waals surface area contributed by atoms with Crippen LogP contribution in [0.4, 0.5) is 4.39 Å². The van der Waals surface area contributed by atoms with E-state index in [1.165, 1.54) is 33.8 Å². The molecule has 10 heteroatoms. The van der Waals surface area contributed by atoms with E-state index in [1.54, 1.807) is 11.0 Å². The van der Waals surface area contributed by atoms with Gasteiger partial charge < -0.3 is 4.90 Å². The van der Waals surface area contributed by atoms with Crippen molar-refractivity contribution >= 4 is 38.9 Å². The standard InChI is InChI=1S/C21H19ClFN3O3S2/c22-17-6-2-1-5-16(17)21-24-15(14-30-21)13-20(27)25-9-11-26(12-10-25)31(28,29)19-8-4-3-7-18(19)23/h1-8,14H,9-13H2. The smallest absolute Gasteiger partial charge is 0.246 e. The maximum Gasteiger partial charge on any atom is 0.246 e. The minimum Gasteiger partial charge on any atom is -0.340 e. The Morgan fingerprint density at radius 1 is 1.06 bits per heavy atom. The van der Waals surface area contributed by atoms with Crippen LogP contribution in [0.1, 0.15) is 5.69 Å². The van der Waals surface area contributed by atoms with Gasteiger partial charge in [-0.1, -0.05) is 41.9 Å². The van der Waals surface area contributed by atoms with Crippen LogP contribution in [0.15, 0.2) is 58.8 Å². The number of carbonyl (C=O) groups is 1. The highest BCUT2D eigenvalue weighted by molar-refractivity contribution is 7.89. The molecule has 0 spiro atoms. The second-order valence-corrected chi connectivity index (χ2v) is 10.2. The van der Waals surface area contributed by atoms with Crippen molar-refractivity contribution in [1.29, 1.82) is 0 Å². The van der Waals surface area contributed by atoms with Crippen LogP contribution in [0.3, 0.4) is 0 Å². The molecule has 3 aromatic rings. The van der Waals surface area contributed by atoms with Crippen molar-refractivity contribution in [2.75, 3.05) is 26.2 Å². The third kappa shape index (κ3) is 4.64. The summed E-state index contributed by atoms with van der Waals surface area (Å²) in [5.74, 6) is -0.905. The summed E-state index contributed by atoms with van der Waals surface area (Å²) in [5, 5.41) is 3.17. The van der Waals surface area contributed by atoms with E-state index in [4.69, 9.17) is 11.6 Å². The highest BCUT2D eigenvalue weighted by Gasteiger charge is 2.31. The molecule has 31 heavy (non-hydrogen) atoms. The van der Waals surface area contributed by atoms with Crippen molar-refractivity contribution in [3.05, 3.63) is 70.4 Å². The Morgan fingerprint density at radius 3 is 2.45 bits per heavy atom. The predicted molar refractivity (Wildman–Crippen MR) is 118 cm³/mol. The molecule has 0 bridgehead atoms. The normalized spacial score (nSPS) is 15.2. The van der Waals surface area contributed by atoms with Crippen molar-refractivity contribution in [3.63, 3.8) is 0 Å². The molecule has 0 unspecified atom stereocenters. The zero-order chi connectivity index (χ0) is 22.0. The maximum absolute atomic E-state index is 14.0. The quantitative estimate of drug-likeness (QED) is 0.559. The molecular weight excluding hydrogens is 461 g/mol. The molecule has 2 aromatic carbocycles. The Kier molecular flexibility index (Phi) is 6.38. The second-order valence-electron chi connectivity index (χ2n) is 7.02. The molecule has 1 aliphatic rings. The van der Waals surface area contributed by atoms with Gasteiger partial charge in [0.2, 0.25) is 15.9 Å². The number of benzene rings is 2. The van der Waals surface area contributed by atoms with Crippen molar-refractivity contribution in [2.24, 2.45) is 0 Å². The Morgan fingerprint density at radius 2 is 1.74 bits per heavy atom. The van der Waals surface area contributed by atoms with Crippen LogP contribution < -0.4 is 0 Å². The minimum atomic E-state index is -3.93. The van der Waals surface area contributed by atoms with Gasteiger partial charge in [-0.15, -0.1) is 11.3 Å². The number of hydrogen-bond donors (Lipinski definition) is 0. The van der Waals surface area contributed by atoms with E-state index in [9.17, 15) is 17.6 Å². The topological polar surface area (TPSA) is 70.6 Å². The second kappa shape index (κ2) is 9.04. The number of amides is 1. The molecule has 0 aliphatic carbocycles. The van der Waals surface area contributed by atoms with Crippen LogP contribution in [0, 0.1) is 5.82 Å². The Balaban J connectivity index is 1.38. The zero-order valence-electron chi connectivity index (χ0n) is 16.4. The van der Waals surface area contributed by atoms with Gasteiger partial charge in [0, 0.05) is 37.1 Å². The number of hydrogen-bond acceptors (Lipinski definition) is 5. The summed E-state index contributed by atoms with van der Waals surface area (Å²) in [4.78, 5) is 18.5. The Labute approximate surface area is 189 Å². The molecule has 1 aliphatic heterocycles. The van der Waals surface area contributed by atoms with E-state index in [0.29, 0.717) is 10.7 Å². The van der Waals surface area contributed by atoms with Crippen LogP contribution >= 0.6 is 22.9 Å². The fraction of sp³-hybridized carbons (Fsp3) is 0.238. The fourth-order valence-electron chi connectivity index (χ4n) is 3.38. The predicted octanol–water partition coefficient (Wildman–Crippen LogP) is 3.68. The SMILES string of the molecule is O=C(Cc1csc(-c2ccccc2Cl)n1)N1CCN(S(=O)(=O)c2ccccc2F)CC1. The number of thiazole rings is 1. The van der Waals surface area contributed by atoms with E-state index in [1.807, 2.05) is 23.6 Å². The van der Waals surface area contributed by atoms with Gasteiger partial charge in [0.05, 0.1) is 17.1 Å². The summed E-state index contributed by atoms with van der Waals surface area (Å²) in [6.07, 6.45) is 0.126. The summed E-state index contributed by atoms with van der Waals surface area (Å²) in [6, 6.07) is 12.7. The number of piperazine rings is 1. The third-order valence-corrected chi connectivity index (χ3v) is 8.22. The first-order chi connectivity index (χ1) is 14.9. The lowest BCUT2D eigenvalue weighted by Gasteiger charge is -2.34. The average Bonchev–Trinajstić information content (AvgIpc) is 3.22. The first-order valence-electron chi connectivity index (χ1n) is 9.58. The van der Waals surface area contributed by atoms with Crippen molar-refractivity contribution in [1.82, 2.24) is 14.2 Å². The van der Waals surface area contributed by atoms with Gasteiger partial charge in [-0.3, -0.25) is 4.79 Å². The highest BCUT2D eigenvalue weighted by atomic mass is 35.5. The van der Waals surface area contributed by atoms with Gasteiger partial charge in [-0.2, -0.15) is 4.31 Å². The van der Waals surface area contributed by atoms with Crippen LogP contribution in [0.2, 0.25) is 5.02 Å². The fourth-order valence-corrected chi connectivity index (χ4v) is 6.01. The largest absolute Gasteiger partial charge is 0.340 e. The van der Waals surface area contributed by atoms with E-state index in [0.717, 1.165) is 16.6 Å². The number of carbonyl (C=O) groups excluding carboxylic acids is 1. The number of sulfonamides is 1. The molecule has 2 heterocycles. The van der Waals surface area contributed by atoms with E-state index in [2.05, 4.69) is 4.98 Å². The van der Waals surface area contributed by atoms with Gasteiger partial charge >= 0.3 is 0 Å². The lowest BCUT2D eigenvalue weighted by Crippen LogP contribution is -2.51. The molecule has 1 fully saturated rings. The zero-order valence-corrected chi connectivity index (χ0v) is 18.8. The maximum atomic E-state index is 14.0. The summed E-state index contributed by atoms with van der Waals surface area (Å²) >= 11 is 7.63. The molecule has 162 valence electrons. The molecule has 4 rings (SSSR count). The summed E-state index contributed by atoms with van der Waals surface area (Å²) in [5.41, 5.74) is 1.46. The Bertz CT molecular complexity index is 1210. The summed E-state index contributed by atoms with van der Waals surface area (Å²) < 4.78 is 40.6. The van der Waals surface area contributed by atoms with Crippen LogP contribution in [0.25, 0.3) is 10.6 Å². The van der Waals surface area contributed by atoms with Crippen molar-refractivity contribution in [2.45, 2.75) is 11.3 Å². The molecule has 0 saturated carbocycles. The van der Waals surface area contributed by atoms with Gasteiger partial charge in [0.25, 0.3) is 0 Å². The van der Waals surface area contributed by atoms with Crippen LogP contribution in [0.5, 0.6) is 0 Å². The molecule has 0 N–H and O–H groups in total. The van der Waals surface area contributed by atoms with Crippen molar-refractivity contribution in [3.8, 4) is 10.6 Å². The van der Waals surface area contributed by atoms with E-state index in [-0.39, 0.29) is 43.4 Å². The molecule has 0 radical (unpaired) electrons. The molecular formula is C21H19ClFN3O3S2. The molecule has 0 atom stereocenters. The van der Waals surface area contributed by atoms with Crippen LogP contribution in [-0.4, -0.2) is 54.7 Å². The summed E-state index contributed by atoms with van der Waals surface area (Å²) in [7, 11) is -3.93. The number of nitrogens with zero attached hydrogens (tertiary/aromatic N) is 3. The highest BCUT2D eigenvalue weighted by Crippen LogP contribution is 2.30. The van der Waals surface area contributed by atoms with E-state index >= 15 is 0 Å². The van der Waals surface area contributed by atoms with Gasteiger partial charge in [0.15, 0.2) is 0 Å². The lowest BCUT2D eigenvalue weighted by molar-refractivity contribution is -0.131. The van der Waals surface area contributed by atoms with Crippen molar-refractivity contribution < 1.29 is 17.6 Å². The average molecular weight is 480 g/mol. The lowest BCUT2D eigenvalue weighted by atomic mass is 10.2. The number of aromatic nitrogens is 1. The number of halogens is 2. The molecule has 1 saturated heterocycles. The molecule has 1 amide bonds. The van der Waals surface area contributed by atoms with Gasteiger partial charge in [0.1, 0.15) is 15.7 Å². The minimum absolute atomic E-state index is 0.115. The monoisotopic (exact) mass is 479 g/mol. The third-order valence-electron chi connectivity index (χ3n) is 5.03. The number of rotatable bonds is 5. The summed E-state index contributed by atoms with van der Waals surface area (Å²) in [6.45, 7) is 0.719. The molecule has 6 nitrogen and oxygen atoms in total.